The summed E-state index contributed by atoms with van der Waals surface area (Å²) in [6.07, 6.45) is -2.96. The number of aliphatic imine (C=N–C) groups is 1. The van der Waals surface area contributed by atoms with Gasteiger partial charge in [0, 0.05) is 19.5 Å². The minimum atomic E-state index is -4.40. The summed E-state index contributed by atoms with van der Waals surface area (Å²) in [6.45, 7) is 0.754. The first-order valence-electron chi connectivity index (χ1n) is 9.85. The third-order valence-corrected chi connectivity index (χ3v) is 4.57. The zero-order valence-electron chi connectivity index (χ0n) is 16.8. The largest absolute Gasteiger partial charge is 0.469 e. The van der Waals surface area contributed by atoms with Gasteiger partial charge in [-0.05, 0) is 35.4 Å². The molecular formula is C23H24F3N3O2. The molecule has 0 aliphatic carbocycles. The van der Waals surface area contributed by atoms with Crippen molar-refractivity contribution in [3.63, 3.8) is 0 Å². The van der Waals surface area contributed by atoms with E-state index in [0.29, 0.717) is 24.5 Å². The molecule has 0 amide bonds. The van der Waals surface area contributed by atoms with E-state index in [4.69, 9.17) is 4.42 Å². The number of nitrogens with one attached hydrogen (secondary N) is 2. The first-order valence-corrected chi connectivity index (χ1v) is 9.85. The standard InChI is InChI=1S/C23H24F3N3O2/c24-23(25,26)19-9-4-6-17(14-19)15-28-22(27-12-11-20-10-5-13-31-20)29-16-21(30)18-7-2-1-3-8-18/h1-10,13-14,21,30H,11-12,15-16H2,(H2,27,28,29). The molecule has 0 aliphatic rings. The lowest BCUT2D eigenvalue weighted by Gasteiger charge is -2.16. The van der Waals surface area contributed by atoms with Crippen LogP contribution in [0, 0.1) is 0 Å². The molecule has 0 radical (unpaired) electrons. The van der Waals surface area contributed by atoms with E-state index in [2.05, 4.69) is 15.6 Å². The first-order chi connectivity index (χ1) is 14.9. The predicted molar refractivity (Wildman–Crippen MR) is 112 cm³/mol. The summed E-state index contributed by atoms with van der Waals surface area (Å²) >= 11 is 0. The van der Waals surface area contributed by atoms with Crippen molar-refractivity contribution in [3.8, 4) is 0 Å². The highest BCUT2D eigenvalue weighted by Crippen LogP contribution is 2.29. The van der Waals surface area contributed by atoms with Crippen LogP contribution < -0.4 is 10.6 Å². The molecule has 0 spiro atoms. The summed E-state index contributed by atoms with van der Waals surface area (Å²) in [4.78, 5) is 4.39. The Bertz CT molecular complexity index is 958. The SMILES string of the molecule is OC(CNC(=NCc1cccc(C(F)(F)F)c1)NCCc1ccco1)c1ccccc1. The van der Waals surface area contributed by atoms with Gasteiger partial charge >= 0.3 is 6.18 Å². The maximum Gasteiger partial charge on any atom is 0.416 e. The quantitative estimate of drug-likeness (QED) is 0.367. The molecule has 5 nitrogen and oxygen atoms in total. The fraction of sp³-hybridized carbons (Fsp3) is 0.261. The van der Waals surface area contributed by atoms with Crippen LogP contribution >= 0.6 is 0 Å². The van der Waals surface area contributed by atoms with Crippen molar-refractivity contribution in [2.75, 3.05) is 13.1 Å². The fourth-order valence-electron chi connectivity index (χ4n) is 2.94. The number of hydrogen-bond donors (Lipinski definition) is 3. The van der Waals surface area contributed by atoms with Crippen LogP contribution in [0.1, 0.15) is 28.6 Å². The summed E-state index contributed by atoms with van der Waals surface area (Å²) in [5.41, 5.74) is 0.480. The number of furan rings is 1. The average molecular weight is 431 g/mol. The van der Waals surface area contributed by atoms with E-state index in [0.717, 1.165) is 23.5 Å². The number of hydrogen-bond acceptors (Lipinski definition) is 3. The molecule has 1 aromatic heterocycles. The summed E-state index contributed by atoms with van der Waals surface area (Å²) in [5.74, 6) is 1.19. The minimum absolute atomic E-state index is 0.0570. The molecule has 8 heteroatoms. The van der Waals surface area contributed by atoms with Gasteiger partial charge in [0.1, 0.15) is 5.76 Å². The van der Waals surface area contributed by atoms with Crippen molar-refractivity contribution in [2.24, 2.45) is 4.99 Å². The Morgan fingerprint density at radius 1 is 1.00 bits per heavy atom. The molecular weight excluding hydrogens is 407 g/mol. The molecule has 164 valence electrons. The fourth-order valence-corrected chi connectivity index (χ4v) is 2.94. The maximum absolute atomic E-state index is 12.9. The summed E-state index contributed by atoms with van der Waals surface area (Å²) in [5, 5.41) is 16.5. The van der Waals surface area contributed by atoms with Crippen molar-refractivity contribution in [1.29, 1.82) is 0 Å². The molecule has 3 rings (SSSR count). The number of halogens is 3. The van der Waals surface area contributed by atoms with Crippen LogP contribution in [-0.4, -0.2) is 24.2 Å². The average Bonchev–Trinajstić information content (AvgIpc) is 3.29. The smallest absolute Gasteiger partial charge is 0.416 e. The Morgan fingerprint density at radius 2 is 1.81 bits per heavy atom. The normalized spacial score (nSPS) is 13.1. The number of benzene rings is 2. The molecule has 3 aromatic rings. The molecule has 31 heavy (non-hydrogen) atoms. The van der Waals surface area contributed by atoms with Crippen molar-refractivity contribution < 1.29 is 22.7 Å². The molecule has 0 saturated heterocycles. The topological polar surface area (TPSA) is 69.8 Å². The van der Waals surface area contributed by atoms with Crippen LogP contribution in [0.2, 0.25) is 0 Å². The van der Waals surface area contributed by atoms with Crippen molar-refractivity contribution >= 4 is 5.96 Å². The number of nitrogens with zero attached hydrogens (tertiary/aromatic N) is 1. The van der Waals surface area contributed by atoms with Crippen LogP contribution in [0.15, 0.2) is 82.4 Å². The van der Waals surface area contributed by atoms with E-state index in [1.165, 1.54) is 6.07 Å². The van der Waals surface area contributed by atoms with Gasteiger partial charge in [-0.25, -0.2) is 4.99 Å². The van der Waals surface area contributed by atoms with E-state index in [1.54, 1.807) is 18.4 Å². The number of rotatable bonds is 8. The Labute approximate surface area is 178 Å². The van der Waals surface area contributed by atoms with Gasteiger partial charge in [-0.1, -0.05) is 42.5 Å². The first kappa shape index (κ1) is 22.4. The molecule has 0 aliphatic heterocycles. The highest BCUT2D eigenvalue weighted by atomic mass is 19.4. The summed E-state index contributed by atoms with van der Waals surface area (Å²) < 4.78 is 44.1. The minimum Gasteiger partial charge on any atom is -0.469 e. The van der Waals surface area contributed by atoms with Gasteiger partial charge in [0.2, 0.25) is 0 Å². The second-order valence-corrected chi connectivity index (χ2v) is 6.93. The number of aliphatic hydroxyl groups excluding tert-OH is 1. The zero-order valence-corrected chi connectivity index (χ0v) is 16.8. The predicted octanol–water partition coefficient (Wildman–Crippen LogP) is 4.31. The summed E-state index contributed by atoms with van der Waals surface area (Å²) in [6, 6.07) is 17.9. The molecule has 1 atom stereocenters. The molecule has 0 bridgehead atoms. The lowest BCUT2D eigenvalue weighted by molar-refractivity contribution is -0.137. The van der Waals surface area contributed by atoms with Crippen LogP contribution in [0.4, 0.5) is 13.2 Å². The van der Waals surface area contributed by atoms with Crippen LogP contribution in [-0.2, 0) is 19.1 Å². The van der Waals surface area contributed by atoms with Crippen LogP contribution in [0.3, 0.4) is 0 Å². The molecule has 2 aromatic carbocycles. The van der Waals surface area contributed by atoms with Gasteiger partial charge in [-0.2, -0.15) is 13.2 Å². The molecule has 0 saturated carbocycles. The van der Waals surface area contributed by atoms with Gasteiger partial charge in [0.25, 0.3) is 0 Å². The van der Waals surface area contributed by atoms with E-state index in [-0.39, 0.29) is 13.1 Å². The Balaban J connectivity index is 1.65. The van der Waals surface area contributed by atoms with Crippen LogP contribution in [0.25, 0.3) is 0 Å². The van der Waals surface area contributed by atoms with Gasteiger partial charge in [-0.15, -0.1) is 0 Å². The van der Waals surface area contributed by atoms with Gasteiger partial charge in [0.05, 0.1) is 24.5 Å². The van der Waals surface area contributed by atoms with Gasteiger partial charge in [-0.3, -0.25) is 0 Å². The third kappa shape index (κ3) is 7.18. The lowest BCUT2D eigenvalue weighted by Crippen LogP contribution is -2.40. The highest BCUT2D eigenvalue weighted by molar-refractivity contribution is 5.79. The number of alkyl halides is 3. The Morgan fingerprint density at radius 3 is 2.52 bits per heavy atom. The third-order valence-electron chi connectivity index (χ3n) is 4.57. The monoisotopic (exact) mass is 431 g/mol. The second-order valence-electron chi connectivity index (χ2n) is 6.93. The van der Waals surface area contributed by atoms with E-state index >= 15 is 0 Å². The van der Waals surface area contributed by atoms with Crippen molar-refractivity contribution in [1.82, 2.24) is 10.6 Å². The van der Waals surface area contributed by atoms with Crippen molar-refractivity contribution in [3.05, 3.63) is 95.4 Å². The molecule has 1 heterocycles. The molecule has 3 N–H and O–H groups in total. The van der Waals surface area contributed by atoms with E-state index in [1.807, 2.05) is 36.4 Å². The van der Waals surface area contributed by atoms with Gasteiger partial charge < -0.3 is 20.2 Å². The zero-order chi connectivity index (χ0) is 22.1. The van der Waals surface area contributed by atoms with Gasteiger partial charge in [0.15, 0.2) is 5.96 Å². The second kappa shape index (κ2) is 10.7. The van der Waals surface area contributed by atoms with Crippen molar-refractivity contribution in [2.45, 2.75) is 25.2 Å². The lowest BCUT2D eigenvalue weighted by atomic mass is 10.1. The Hall–Kier alpha value is -3.26. The van der Waals surface area contributed by atoms with Crippen LogP contribution in [0.5, 0.6) is 0 Å². The molecule has 1 unspecified atom stereocenters. The summed E-state index contributed by atoms with van der Waals surface area (Å²) in [7, 11) is 0. The maximum atomic E-state index is 12.9. The Kier molecular flexibility index (Phi) is 7.72. The van der Waals surface area contributed by atoms with E-state index in [9.17, 15) is 18.3 Å². The van der Waals surface area contributed by atoms with E-state index < -0.39 is 17.8 Å². The highest BCUT2D eigenvalue weighted by Gasteiger charge is 2.30. The molecule has 0 fully saturated rings. The number of aliphatic hydroxyl groups is 1. The number of guanidine groups is 1.